The van der Waals surface area contributed by atoms with Crippen LogP contribution in [0.3, 0.4) is 0 Å². The van der Waals surface area contributed by atoms with Gasteiger partial charge in [0, 0.05) is 11.1 Å². The number of halogens is 1. The Hall–Kier alpha value is -3.37. The Bertz CT molecular complexity index is 1090. The van der Waals surface area contributed by atoms with Gasteiger partial charge in [0.2, 0.25) is 0 Å². The highest BCUT2D eigenvalue weighted by molar-refractivity contribution is 5.90. The molecule has 0 bridgehead atoms. The standard InChI is InChI=1S/C20H12FN3/c21-17-9-13(11-22)14(12-23)10-20(17)24-18-7-3-1-5-15(18)16-6-2-4-8-19(16)24/h1,3-5,7-10H,2,6H2. The summed E-state index contributed by atoms with van der Waals surface area (Å²) in [6.45, 7) is 0. The van der Waals surface area contributed by atoms with Gasteiger partial charge in [0.25, 0.3) is 0 Å². The number of para-hydroxylation sites is 1. The topological polar surface area (TPSA) is 52.5 Å². The van der Waals surface area contributed by atoms with Crippen LogP contribution in [0.4, 0.5) is 4.39 Å². The molecule has 1 heterocycles. The van der Waals surface area contributed by atoms with Crippen LogP contribution >= 0.6 is 0 Å². The van der Waals surface area contributed by atoms with Crippen molar-refractivity contribution >= 4 is 17.0 Å². The fourth-order valence-corrected chi connectivity index (χ4v) is 3.36. The molecule has 0 unspecified atom stereocenters. The first-order valence-electron chi connectivity index (χ1n) is 7.67. The van der Waals surface area contributed by atoms with E-state index in [9.17, 15) is 9.65 Å². The van der Waals surface area contributed by atoms with Crippen LogP contribution in [0, 0.1) is 28.5 Å². The fraction of sp³-hybridized carbons (Fsp3) is 0.100. The van der Waals surface area contributed by atoms with E-state index in [-0.39, 0.29) is 11.1 Å². The minimum Gasteiger partial charge on any atom is -0.307 e. The summed E-state index contributed by atoms with van der Waals surface area (Å²) in [6, 6.07) is 14.3. The average Bonchev–Trinajstić information content (AvgIpc) is 2.96. The van der Waals surface area contributed by atoms with Gasteiger partial charge in [-0.1, -0.05) is 24.3 Å². The van der Waals surface area contributed by atoms with Crippen LogP contribution in [-0.4, -0.2) is 4.57 Å². The zero-order chi connectivity index (χ0) is 16.7. The third-order valence-electron chi connectivity index (χ3n) is 4.43. The Labute approximate surface area is 138 Å². The zero-order valence-corrected chi connectivity index (χ0v) is 12.8. The van der Waals surface area contributed by atoms with Crippen LogP contribution < -0.4 is 0 Å². The van der Waals surface area contributed by atoms with E-state index in [0.29, 0.717) is 5.69 Å². The van der Waals surface area contributed by atoms with E-state index in [1.165, 1.54) is 11.6 Å². The minimum atomic E-state index is -0.506. The second kappa shape index (κ2) is 5.37. The molecule has 0 atom stereocenters. The number of nitrogens with zero attached hydrogens (tertiary/aromatic N) is 3. The number of allylic oxidation sites excluding steroid dienone is 1. The summed E-state index contributed by atoms with van der Waals surface area (Å²) >= 11 is 0. The third kappa shape index (κ3) is 1.94. The van der Waals surface area contributed by atoms with Crippen molar-refractivity contribution in [3.8, 4) is 17.8 Å². The van der Waals surface area contributed by atoms with E-state index in [0.717, 1.165) is 35.5 Å². The van der Waals surface area contributed by atoms with Gasteiger partial charge in [-0.15, -0.1) is 0 Å². The third-order valence-corrected chi connectivity index (χ3v) is 4.43. The van der Waals surface area contributed by atoms with Crippen LogP contribution in [0.1, 0.15) is 28.8 Å². The molecular weight excluding hydrogens is 301 g/mol. The molecule has 0 amide bonds. The summed E-state index contributed by atoms with van der Waals surface area (Å²) in [6.07, 6.45) is 5.94. The van der Waals surface area contributed by atoms with Gasteiger partial charge in [-0.05, 0) is 42.7 Å². The van der Waals surface area contributed by atoms with Crippen LogP contribution in [-0.2, 0) is 6.42 Å². The molecule has 0 radical (unpaired) electrons. The summed E-state index contributed by atoms with van der Waals surface area (Å²) in [5.74, 6) is -0.506. The molecule has 0 spiro atoms. The highest BCUT2D eigenvalue weighted by atomic mass is 19.1. The molecule has 4 heteroatoms. The summed E-state index contributed by atoms with van der Waals surface area (Å²) in [5, 5.41) is 19.4. The fourth-order valence-electron chi connectivity index (χ4n) is 3.36. The normalized spacial score (nSPS) is 12.6. The molecule has 24 heavy (non-hydrogen) atoms. The van der Waals surface area contributed by atoms with Crippen molar-refractivity contribution in [2.75, 3.05) is 0 Å². The predicted octanol–water partition coefficient (Wildman–Crippen LogP) is 4.47. The summed E-state index contributed by atoms with van der Waals surface area (Å²) in [4.78, 5) is 0. The van der Waals surface area contributed by atoms with E-state index in [2.05, 4.69) is 6.08 Å². The maximum Gasteiger partial charge on any atom is 0.148 e. The van der Waals surface area contributed by atoms with E-state index < -0.39 is 5.82 Å². The molecule has 1 aromatic heterocycles. The lowest BCUT2D eigenvalue weighted by molar-refractivity contribution is 0.618. The van der Waals surface area contributed by atoms with Gasteiger partial charge in [0.05, 0.1) is 22.3 Å². The maximum atomic E-state index is 14.7. The van der Waals surface area contributed by atoms with Gasteiger partial charge in [-0.2, -0.15) is 10.5 Å². The van der Waals surface area contributed by atoms with Gasteiger partial charge < -0.3 is 4.57 Å². The monoisotopic (exact) mass is 313 g/mol. The van der Waals surface area contributed by atoms with Gasteiger partial charge in [-0.3, -0.25) is 0 Å². The lowest BCUT2D eigenvalue weighted by atomic mass is 10.0. The Balaban J connectivity index is 2.11. The van der Waals surface area contributed by atoms with Crippen molar-refractivity contribution in [2.45, 2.75) is 12.8 Å². The molecule has 0 saturated carbocycles. The second-order valence-electron chi connectivity index (χ2n) is 5.73. The van der Waals surface area contributed by atoms with E-state index in [4.69, 9.17) is 5.26 Å². The molecule has 4 rings (SSSR count). The number of hydrogen-bond acceptors (Lipinski definition) is 2. The van der Waals surface area contributed by atoms with Gasteiger partial charge in [0.1, 0.15) is 18.0 Å². The SMILES string of the molecule is N#Cc1cc(F)c(-n2c3c(c4ccccc42)CCC=C3)cc1C#N. The molecule has 0 aliphatic heterocycles. The quantitative estimate of drug-likeness (QED) is 0.665. The maximum absolute atomic E-state index is 14.7. The molecular formula is C20H12FN3. The van der Waals surface area contributed by atoms with Crippen molar-refractivity contribution in [2.24, 2.45) is 0 Å². The average molecular weight is 313 g/mol. The van der Waals surface area contributed by atoms with Crippen molar-refractivity contribution in [3.63, 3.8) is 0 Å². The number of benzene rings is 2. The number of rotatable bonds is 1. The molecule has 1 aliphatic carbocycles. The van der Waals surface area contributed by atoms with Gasteiger partial charge in [-0.25, -0.2) is 4.39 Å². The molecule has 0 N–H and O–H groups in total. The minimum absolute atomic E-state index is 0.0552. The van der Waals surface area contributed by atoms with Crippen LogP contribution in [0.15, 0.2) is 42.5 Å². The first-order valence-corrected chi connectivity index (χ1v) is 7.67. The summed E-state index contributed by atoms with van der Waals surface area (Å²) in [7, 11) is 0. The Kier molecular flexibility index (Phi) is 3.18. The zero-order valence-electron chi connectivity index (χ0n) is 12.8. The highest BCUT2D eigenvalue weighted by Gasteiger charge is 2.21. The smallest absolute Gasteiger partial charge is 0.148 e. The molecule has 3 nitrogen and oxygen atoms in total. The lowest BCUT2D eigenvalue weighted by Crippen LogP contribution is -2.04. The van der Waals surface area contributed by atoms with Gasteiger partial charge >= 0.3 is 0 Å². The molecule has 2 aromatic carbocycles. The van der Waals surface area contributed by atoms with Crippen molar-refractivity contribution in [1.29, 1.82) is 10.5 Å². The first kappa shape index (κ1) is 14.2. The van der Waals surface area contributed by atoms with Crippen LogP contribution in [0.2, 0.25) is 0 Å². The molecule has 0 saturated heterocycles. The Morgan fingerprint density at radius 1 is 1.04 bits per heavy atom. The van der Waals surface area contributed by atoms with Crippen molar-refractivity contribution < 1.29 is 4.39 Å². The van der Waals surface area contributed by atoms with E-state index >= 15 is 0 Å². The molecule has 0 fully saturated rings. The molecule has 114 valence electrons. The summed E-state index contributed by atoms with van der Waals surface area (Å²) in [5.41, 5.74) is 3.57. The van der Waals surface area contributed by atoms with Crippen LogP contribution in [0.25, 0.3) is 22.7 Å². The molecule has 3 aromatic rings. The molecule has 1 aliphatic rings. The highest BCUT2D eigenvalue weighted by Crippen LogP contribution is 2.35. The predicted molar refractivity (Wildman–Crippen MR) is 90.0 cm³/mol. The number of aryl methyl sites for hydroxylation is 1. The first-order chi connectivity index (χ1) is 11.7. The number of aromatic nitrogens is 1. The summed E-state index contributed by atoms with van der Waals surface area (Å²) < 4.78 is 16.6. The van der Waals surface area contributed by atoms with Crippen molar-refractivity contribution in [3.05, 3.63) is 70.7 Å². The number of fused-ring (bicyclic) bond motifs is 3. The van der Waals surface area contributed by atoms with Crippen LogP contribution in [0.5, 0.6) is 0 Å². The van der Waals surface area contributed by atoms with E-state index in [1.54, 1.807) is 0 Å². The van der Waals surface area contributed by atoms with Crippen molar-refractivity contribution in [1.82, 2.24) is 4.57 Å². The Morgan fingerprint density at radius 2 is 1.79 bits per heavy atom. The van der Waals surface area contributed by atoms with E-state index in [1.807, 2.05) is 47.0 Å². The largest absolute Gasteiger partial charge is 0.307 e. The Morgan fingerprint density at radius 3 is 2.58 bits per heavy atom. The second-order valence-corrected chi connectivity index (χ2v) is 5.73. The lowest BCUT2D eigenvalue weighted by Gasteiger charge is -2.13. The number of nitriles is 2. The van der Waals surface area contributed by atoms with Gasteiger partial charge in [0.15, 0.2) is 0 Å². The number of hydrogen-bond donors (Lipinski definition) is 0.